The Hall–Kier alpha value is -1.77. The van der Waals surface area contributed by atoms with E-state index in [0.717, 1.165) is 12.1 Å². The molecule has 0 amide bonds. The fourth-order valence-electron chi connectivity index (χ4n) is 1.80. The Balaban J connectivity index is 2.12. The van der Waals surface area contributed by atoms with Crippen molar-refractivity contribution in [1.82, 2.24) is 9.78 Å². The second-order valence-electron chi connectivity index (χ2n) is 3.92. The lowest BCUT2D eigenvalue weighted by atomic mass is 10.0. The van der Waals surface area contributed by atoms with Gasteiger partial charge in [-0.1, -0.05) is 37.3 Å². The fraction of sp³-hybridized carbons (Fsp3) is 0.308. The highest BCUT2D eigenvalue weighted by Crippen LogP contribution is 2.21. The maximum absolute atomic E-state index is 4.15. The van der Waals surface area contributed by atoms with Crippen molar-refractivity contribution in [3.05, 3.63) is 48.3 Å². The fourth-order valence-corrected chi connectivity index (χ4v) is 1.80. The molecule has 1 aromatic heterocycles. The van der Waals surface area contributed by atoms with Gasteiger partial charge in [-0.3, -0.25) is 4.68 Å². The first-order valence-electron chi connectivity index (χ1n) is 5.59. The van der Waals surface area contributed by atoms with Crippen molar-refractivity contribution in [2.75, 3.05) is 5.32 Å². The molecule has 0 saturated carbocycles. The highest BCUT2D eigenvalue weighted by atomic mass is 15.3. The lowest BCUT2D eigenvalue weighted by molar-refractivity contribution is 0.747. The number of benzene rings is 1. The molecule has 0 saturated heterocycles. The lowest BCUT2D eigenvalue weighted by Crippen LogP contribution is -2.08. The van der Waals surface area contributed by atoms with E-state index in [0.29, 0.717) is 6.04 Å². The normalized spacial score (nSPS) is 12.4. The molecule has 3 nitrogen and oxygen atoms in total. The summed E-state index contributed by atoms with van der Waals surface area (Å²) in [5.74, 6) is 0. The van der Waals surface area contributed by atoms with E-state index in [1.54, 1.807) is 4.68 Å². The van der Waals surface area contributed by atoms with Gasteiger partial charge in [0.15, 0.2) is 0 Å². The molecule has 1 heterocycles. The first-order valence-corrected chi connectivity index (χ1v) is 5.59. The molecule has 2 rings (SSSR count). The average molecular weight is 215 g/mol. The van der Waals surface area contributed by atoms with E-state index in [1.165, 1.54) is 5.56 Å². The minimum atomic E-state index is 0.352. The number of hydrogen-bond acceptors (Lipinski definition) is 2. The predicted octanol–water partition coefficient (Wildman–Crippen LogP) is 2.98. The van der Waals surface area contributed by atoms with E-state index in [-0.39, 0.29) is 0 Å². The summed E-state index contributed by atoms with van der Waals surface area (Å²) in [7, 11) is 1.93. The summed E-state index contributed by atoms with van der Waals surface area (Å²) in [6, 6.07) is 10.8. The van der Waals surface area contributed by atoms with E-state index in [2.05, 4.69) is 41.6 Å². The molecule has 0 aliphatic rings. The molecule has 3 heteroatoms. The van der Waals surface area contributed by atoms with Crippen molar-refractivity contribution in [1.29, 1.82) is 0 Å². The second-order valence-corrected chi connectivity index (χ2v) is 3.92. The van der Waals surface area contributed by atoms with Crippen molar-refractivity contribution >= 4 is 5.69 Å². The Morgan fingerprint density at radius 3 is 2.62 bits per heavy atom. The Bertz CT molecular complexity index is 433. The summed E-state index contributed by atoms with van der Waals surface area (Å²) >= 11 is 0. The van der Waals surface area contributed by atoms with Crippen LogP contribution in [0, 0.1) is 0 Å². The minimum absolute atomic E-state index is 0.352. The van der Waals surface area contributed by atoms with Crippen LogP contribution >= 0.6 is 0 Å². The third kappa shape index (κ3) is 2.42. The molecule has 1 atom stereocenters. The largest absolute Gasteiger partial charge is 0.376 e. The van der Waals surface area contributed by atoms with Crippen molar-refractivity contribution in [3.8, 4) is 0 Å². The van der Waals surface area contributed by atoms with Gasteiger partial charge in [0.25, 0.3) is 0 Å². The van der Waals surface area contributed by atoms with Crippen LogP contribution in [0.1, 0.15) is 24.9 Å². The van der Waals surface area contributed by atoms with Gasteiger partial charge < -0.3 is 5.32 Å². The molecule has 1 N–H and O–H groups in total. The zero-order valence-electron chi connectivity index (χ0n) is 9.72. The Morgan fingerprint density at radius 2 is 2.06 bits per heavy atom. The molecule has 0 aliphatic carbocycles. The van der Waals surface area contributed by atoms with E-state index >= 15 is 0 Å². The summed E-state index contributed by atoms with van der Waals surface area (Å²) in [5, 5.41) is 7.63. The number of aryl methyl sites for hydroxylation is 1. The van der Waals surface area contributed by atoms with E-state index in [4.69, 9.17) is 0 Å². The second kappa shape index (κ2) is 4.84. The zero-order valence-corrected chi connectivity index (χ0v) is 9.72. The van der Waals surface area contributed by atoms with Crippen LogP contribution in [0.4, 0.5) is 5.69 Å². The third-order valence-corrected chi connectivity index (χ3v) is 2.66. The quantitative estimate of drug-likeness (QED) is 0.849. The van der Waals surface area contributed by atoms with Gasteiger partial charge in [0.05, 0.1) is 17.9 Å². The van der Waals surface area contributed by atoms with Gasteiger partial charge in [-0.15, -0.1) is 0 Å². The van der Waals surface area contributed by atoms with Crippen LogP contribution < -0.4 is 5.32 Å². The van der Waals surface area contributed by atoms with Gasteiger partial charge in [0, 0.05) is 13.2 Å². The first-order chi connectivity index (χ1) is 7.79. The molecular formula is C13H17N3. The summed E-state index contributed by atoms with van der Waals surface area (Å²) in [4.78, 5) is 0. The monoisotopic (exact) mass is 215 g/mol. The molecular weight excluding hydrogens is 198 g/mol. The van der Waals surface area contributed by atoms with E-state index < -0.39 is 0 Å². The van der Waals surface area contributed by atoms with E-state index in [9.17, 15) is 0 Å². The topological polar surface area (TPSA) is 29.9 Å². The van der Waals surface area contributed by atoms with Crippen molar-refractivity contribution in [2.24, 2.45) is 7.05 Å². The first kappa shape index (κ1) is 10.7. The molecule has 84 valence electrons. The van der Waals surface area contributed by atoms with Crippen molar-refractivity contribution in [3.63, 3.8) is 0 Å². The third-order valence-electron chi connectivity index (χ3n) is 2.66. The SMILES string of the molecule is CCC(Nc1cnn(C)c1)c1ccccc1. The van der Waals surface area contributed by atoms with Gasteiger partial charge in [0.1, 0.15) is 0 Å². The Morgan fingerprint density at radius 1 is 1.31 bits per heavy atom. The van der Waals surface area contributed by atoms with Gasteiger partial charge in [-0.2, -0.15) is 5.10 Å². The maximum atomic E-state index is 4.15. The van der Waals surface area contributed by atoms with Gasteiger partial charge >= 0.3 is 0 Å². The molecule has 1 unspecified atom stereocenters. The van der Waals surface area contributed by atoms with Crippen LogP contribution in [0.5, 0.6) is 0 Å². The van der Waals surface area contributed by atoms with Crippen LogP contribution in [0.3, 0.4) is 0 Å². The molecule has 0 radical (unpaired) electrons. The Labute approximate surface area is 96.1 Å². The lowest BCUT2D eigenvalue weighted by Gasteiger charge is -2.17. The van der Waals surface area contributed by atoms with Crippen molar-refractivity contribution < 1.29 is 0 Å². The molecule has 0 fully saturated rings. The Kier molecular flexibility index (Phi) is 3.25. The number of aromatic nitrogens is 2. The van der Waals surface area contributed by atoms with E-state index in [1.807, 2.05) is 25.5 Å². The molecule has 2 aromatic rings. The van der Waals surface area contributed by atoms with Crippen LogP contribution in [0.25, 0.3) is 0 Å². The summed E-state index contributed by atoms with van der Waals surface area (Å²) in [6.45, 7) is 2.18. The standard InChI is InChI=1S/C13H17N3/c1-3-13(11-7-5-4-6-8-11)15-12-9-14-16(2)10-12/h4-10,13,15H,3H2,1-2H3. The van der Waals surface area contributed by atoms with Gasteiger partial charge in [-0.25, -0.2) is 0 Å². The number of nitrogens with one attached hydrogen (secondary N) is 1. The van der Waals surface area contributed by atoms with Gasteiger partial charge in [0.2, 0.25) is 0 Å². The van der Waals surface area contributed by atoms with Crippen LogP contribution in [0.15, 0.2) is 42.7 Å². The highest BCUT2D eigenvalue weighted by Gasteiger charge is 2.08. The summed E-state index contributed by atoms with van der Waals surface area (Å²) < 4.78 is 1.81. The van der Waals surface area contributed by atoms with Crippen LogP contribution in [-0.4, -0.2) is 9.78 Å². The van der Waals surface area contributed by atoms with Crippen LogP contribution in [0.2, 0.25) is 0 Å². The summed E-state index contributed by atoms with van der Waals surface area (Å²) in [5.41, 5.74) is 2.38. The maximum Gasteiger partial charge on any atom is 0.0731 e. The molecule has 0 aliphatic heterocycles. The molecule has 0 bridgehead atoms. The summed E-state index contributed by atoms with van der Waals surface area (Å²) in [6.07, 6.45) is 4.90. The van der Waals surface area contributed by atoms with Crippen LogP contribution in [-0.2, 0) is 7.05 Å². The molecule has 1 aromatic carbocycles. The number of nitrogens with zero attached hydrogens (tertiary/aromatic N) is 2. The molecule has 16 heavy (non-hydrogen) atoms. The number of anilines is 1. The van der Waals surface area contributed by atoms with Crippen molar-refractivity contribution in [2.45, 2.75) is 19.4 Å². The smallest absolute Gasteiger partial charge is 0.0731 e. The minimum Gasteiger partial charge on any atom is -0.376 e. The zero-order chi connectivity index (χ0) is 11.4. The van der Waals surface area contributed by atoms with Gasteiger partial charge in [-0.05, 0) is 12.0 Å². The average Bonchev–Trinajstić information content (AvgIpc) is 2.73. The molecule has 0 spiro atoms. The predicted molar refractivity (Wildman–Crippen MR) is 66.3 cm³/mol. The number of rotatable bonds is 4. The highest BCUT2D eigenvalue weighted by molar-refractivity contribution is 5.41. The number of hydrogen-bond donors (Lipinski definition) is 1.